The van der Waals surface area contributed by atoms with Crippen molar-refractivity contribution in [1.82, 2.24) is 4.90 Å². The van der Waals surface area contributed by atoms with Crippen LogP contribution in [-0.4, -0.2) is 25.5 Å². The molecule has 0 unspecified atom stereocenters. The zero-order valence-electron chi connectivity index (χ0n) is 11.2. The number of hydrogen-bond donors (Lipinski definition) is 0. The smallest absolute Gasteiger partial charge is 0.00683 e. The molecule has 0 bridgehead atoms. The summed E-state index contributed by atoms with van der Waals surface area (Å²) in [5.41, 5.74) is 2.85. The van der Waals surface area contributed by atoms with E-state index in [2.05, 4.69) is 49.7 Å². The van der Waals surface area contributed by atoms with E-state index in [-0.39, 0.29) is 0 Å². The maximum Gasteiger partial charge on any atom is 0.00683 e. The van der Waals surface area contributed by atoms with Gasteiger partial charge >= 0.3 is 0 Å². The molecule has 0 radical (unpaired) electrons. The van der Waals surface area contributed by atoms with Gasteiger partial charge in [0.2, 0.25) is 0 Å². The van der Waals surface area contributed by atoms with Crippen LogP contribution in [0.5, 0.6) is 0 Å². The number of rotatable bonds is 4. The molecule has 1 fully saturated rings. The fourth-order valence-electron chi connectivity index (χ4n) is 2.68. The Labute approximate surface area is 106 Å². The fraction of sp³-hybridized carbons (Fsp3) is 0.562. The van der Waals surface area contributed by atoms with Crippen LogP contribution in [-0.2, 0) is 0 Å². The van der Waals surface area contributed by atoms with Crippen LogP contribution in [0, 0.1) is 12.3 Å². The highest BCUT2D eigenvalue weighted by molar-refractivity contribution is 5.50. The number of hydrogen-bond acceptors (Lipinski definition) is 1. The van der Waals surface area contributed by atoms with E-state index in [1.165, 1.54) is 43.3 Å². The standard InChI is InChI=1S/C16H24N/c1-17(2)13-16-10-6-9-15(16)12-11-14-7-4-3-5-8-14/h6,9-12,14H,3-5,7-8,13H2,1-2H3/q-1/b15-12-. The summed E-state index contributed by atoms with van der Waals surface area (Å²) in [7, 11) is 4.25. The van der Waals surface area contributed by atoms with Gasteiger partial charge in [-0.15, -0.1) is 11.6 Å². The van der Waals surface area contributed by atoms with Gasteiger partial charge in [0.1, 0.15) is 0 Å². The molecule has 2 aliphatic rings. The summed E-state index contributed by atoms with van der Waals surface area (Å²) in [6.45, 7) is 1.04. The van der Waals surface area contributed by atoms with Gasteiger partial charge in [-0.3, -0.25) is 0 Å². The molecule has 2 rings (SSSR count). The molecule has 0 aliphatic heterocycles. The van der Waals surface area contributed by atoms with Crippen molar-refractivity contribution >= 4 is 0 Å². The third-order valence-corrected chi connectivity index (χ3v) is 3.63. The highest BCUT2D eigenvalue weighted by atomic mass is 15.0. The molecule has 1 nitrogen and oxygen atoms in total. The summed E-state index contributed by atoms with van der Waals surface area (Å²) in [5.74, 6) is 0.825. The lowest BCUT2D eigenvalue weighted by Gasteiger charge is -2.26. The van der Waals surface area contributed by atoms with E-state index in [0.29, 0.717) is 0 Å². The molecule has 0 aromatic heterocycles. The Balaban J connectivity index is 1.87. The van der Waals surface area contributed by atoms with E-state index in [1.807, 2.05) is 0 Å². The molecule has 0 atom stereocenters. The van der Waals surface area contributed by atoms with Crippen molar-refractivity contribution in [3.8, 4) is 0 Å². The second-order valence-electron chi connectivity index (χ2n) is 5.50. The molecular formula is C16H24N-. The zero-order chi connectivity index (χ0) is 12.1. The molecule has 0 aromatic rings. The zero-order valence-corrected chi connectivity index (χ0v) is 11.2. The van der Waals surface area contributed by atoms with Crippen LogP contribution in [0.4, 0.5) is 0 Å². The molecule has 0 spiro atoms. The normalized spacial score (nSPS) is 23.5. The van der Waals surface area contributed by atoms with Crippen LogP contribution in [0.2, 0.25) is 0 Å². The highest BCUT2D eigenvalue weighted by Gasteiger charge is 2.08. The van der Waals surface area contributed by atoms with Gasteiger partial charge in [0.15, 0.2) is 0 Å². The largest absolute Gasteiger partial charge is 0.307 e. The van der Waals surface area contributed by atoms with Crippen molar-refractivity contribution < 1.29 is 0 Å². The molecule has 94 valence electrons. The monoisotopic (exact) mass is 230 g/mol. The predicted molar refractivity (Wildman–Crippen MR) is 74.7 cm³/mol. The quantitative estimate of drug-likeness (QED) is 0.665. The van der Waals surface area contributed by atoms with Gasteiger partial charge in [-0.2, -0.15) is 5.57 Å². The van der Waals surface area contributed by atoms with Gasteiger partial charge in [0.25, 0.3) is 0 Å². The summed E-state index contributed by atoms with van der Waals surface area (Å²) in [5, 5.41) is 0. The Bertz CT molecular complexity index is 327. The summed E-state index contributed by atoms with van der Waals surface area (Å²) in [4.78, 5) is 2.23. The van der Waals surface area contributed by atoms with Crippen molar-refractivity contribution in [3.63, 3.8) is 0 Å². The van der Waals surface area contributed by atoms with Gasteiger partial charge in [0, 0.05) is 6.54 Å². The van der Waals surface area contributed by atoms with E-state index in [0.717, 1.165) is 12.5 Å². The summed E-state index contributed by atoms with van der Waals surface area (Å²) in [6, 6.07) is 0. The summed E-state index contributed by atoms with van der Waals surface area (Å²) < 4.78 is 0. The third kappa shape index (κ3) is 3.78. The molecule has 0 N–H and O–H groups in total. The first-order chi connectivity index (χ1) is 8.25. The first-order valence-corrected chi connectivity index (χ1v) is 6.83. The molecule has 0 heterocycles. The molecule has 0 aromatic carbocycles. The Morgan fingerprint density at radius 1 is 1.29 bits per heavy atom. The Morgan fingerprint density at radius 2 is 2.06 bits per heavy atom. The lowest BCUT2D eigenvalue weighted by molar-refractivity contribution is 0.404. The number of allylic oxidation sites excluding steroid dienone is 4. The SMILES string of the molecule is CN(C)CC1=CC=C/C1=C/[CH-]C1CCCCC1. The van der Waals surface area contributed by atoms with Crippen LogP contribution >= 0.6 is 0 Å². The van der Waals surface area contributed by atoms with Crippen LogP contribution in [0.3, 0.4) is 0 Å². The van der Waals surface area contributed by atoms with Gasteiger partial charge in [0.05, 0.1) is 0 Å². The lowest BCUT2D eigenvalue weighted by Crippen LogP contribution is -2.15. The minimum absolute atomic E-state index is 0.825. The maximum absolute atomic E-state index is 2.44. The van der Waals surface area contributed by atoms with Gasteiger partial charge in [-0.05, 0) is 14.1 Å². The van der Waals surface area contributed by atoms with E-state index in [1.54, 1.807) is 0 Å². The highest BCUT2D eigenvalue weighted by Crippen LogP contribution is 2.28. The van der Waals surface area contributed by atoms with Crippen molar-refractivity contribution in [2.75, 3.05) is 20.6 Å². The summed E-state index contributed by atoms with van der Waals surface area (Å²) in [6.07, 6.45) is 18.5. The second-order valence-corrected chi connectivity index (χ2v) is 5.50. The second kappa shape index (κ2) is 6.11. The van der Waals surface area contributed by atoms with E-state index in [4.69, 9.17) is 0 Å². The average molecular weight is 230 g/mol. The first-order valence-electron chi connectivity index (χ1n) is 6.83. The minimum Gasteiger partial charge on any atom is -0.307 e. The molecular weight excluding hydrogens is 206 g/mol. The van der Waals surface area contributed by atoms with Crippen LogP contribution in [0.15, 0.2) is 35.5 Å². The minimum atomic E-state index is 0.825. The Kier molecular flexibility index (Phi) is 4.49. The van der Waals surface area contributed by atoms with Crippen molar-refractivity contribution in [3.05, 3.63) is 41.9 Å². The predicted octanol–water partition coefficient (Wildman–Crippen LogP) is 3.76. The van der Waals surface area contributed by atoms with Gasteiger partial charge < -0.3 is 4.90 Å². The average Bonchev–Trinajstić information content (AvgIpc) is 2.74. The van der Waals surface area contributed by atoms with Crippen LogP contribution < -0.4 is 0 Å². The number of nitrogens with zero attached hydrogens (tertiary/aromatic N) is 1. The van der Waals surface area contributed by atoms with Crippen LogP contribution in [0.1, 0.15) is 32.1 Å². The lowest BCUT2D eigenvalue weighted by atomic mass is 9.86. The van der Waals surface area contributed by atoms with E-state index < -0.39 is 0 Å². The van der Waals surface area contributed by atoms with Gasteiger partial charge in [-0.1, -0.05) is 50.2 Å². The van der Waals surface area contributed by atoms with Crippen molar-refractivity contribution in [1.29, 1.82) is 0 Å². The fourth-order valence-corrected chi connectivity index (χ4v) is 2.68. The van der Waals surface area contributed by atoms with Crippen molar-refractivity contribution in [2.24, 2.45) is 5.92 Å². The molecule has 17 heavy (non-hydrogen) atoms. The Morgan fingerprint density at radius 3 is 2.76 bits per heavy atom. The Hall–Kier alpha value is -0.950. The third-order valence-electron chi connectivity index (χ3n) is 3.63. The van der Waals surface area contributed by atoms with E-state index >= 15 is 0 Å². The molecule has 1 heteroatoms. The van der Waals surface area contributed by atoms with E-state index in [9.17, 15) is 0 Å². The molecule has 2 aliphatic carbocycles. The molecule has 0 amide bonds. The van der Waals surface area contributed by atoms with Crippen LogP contribution in [0.25, 0.3) is 0 Å². The van der Waals surface area contributed by atoms with Crippen molar-refractivity contribution in [2.45, 2.75) is 32.1 Å². The number of likely N-dealkylation sites (N-methyl/N-ethyl adjacent to an activating group) is 1. The molecule has 0 saturated heterocycles. The topological polar surface area (TPSA) is 3.24 Å². The maximum atomic E-state index is 2.44. The molecule has 1 saturated carbocycles. The van der Waals surface area contributed by atoms with Gasteiger partial charge in [-0.25, -0.2) is 12.5 Å². The first kappa shape index (κ1) is 12.5. The summed E-state index contributed by atoms with van der Waals surface area (Å²) >= 11 is 0.